The zero-order valence-electron chi connectivity index (χ0n) is 20.7. The van der Waals surface area contributed by atoms with Gasteiger partial charge in [0.15, 0.2) is 0 Å². The molecule has 12 heteroatoms. The van der Waals surface area contributed by atoms with Crippen LogP contribution in [0.5, 0.6) is 0 Å². The van der Waals surface area contributed by atoms with Gasteiger partial charge in [0.1, 0.15) is 11.6 Å². The number of aromatic nitrogens is 3. The molecule has 40 heavy (non-hydrogen) atoms. The Kier molecular flexibility index (Phi) is 7.59. The van der Waals surface area contributed by atoms with Crippen LogP contribution in [-0.4, -0.2) is 57.6 Å². The zero-order chi connectivity index (χ0) is 27.1. The second kappa shape index (κ2) is 11.1. The molecule has 2 aromatic carbocycles. The molecule has 0 radical (unpaired) electrons. The van der Waals surface area contributed by atoms with Crippen LogP contribution in [0.25, 0.3) is 11.3 Å². The Hall–Kier alpha value is -4.22. The number of nitrogens with zero attached hydrogens (tertiary/aromatic N) is 5. The molecule has 1 unspecified atom stereocenters. The Morgan fingerprint density at radius 3 is 2.67 bits per heavy atom. The predicted molar refractivity (Wildman–Crippen MR) is 148 cm³/mol. The van der Waals surface area contributed by atoms with Crippen molar-refractivity contribution in [2.45, 2.75) is 26.4 Å². The third kappa shape index (κ3) is 5.05. The van der Waals surface area contributed by atoms with Crippen LogP contribution >= 0.6 is 11.6 Å². The first-order valence-electron chi connectivity index (χ1n) is 12.3. The van der Waals surface area contributed by atoms with E-state index in [0.717, 1.165) is 6.42 Å². The third-order valence-corrected chi connectivity index (χ3v) is 7.02. The number of anilines is 2. The highest BCUT2D eigenvalue weighted by Crippen LogP contribution is 2.34. The molecule has 2 N–H and O–H groups in total. The number of hydrogen-bond acceptors (Lipinski definition) is 8. The molecule has 2 aliphatic rings. The van der Waals surface area contributed by atoms with Gasteiger partial charge in [-0.2, -0.15) is 0 Å². The van der Waals surface area contributed by atoms with Crippen LogP contribution in [0.2, 0.25) is 5.02 Å². The number of hydrogen-bond donors (Lipinski definition) is 2. The summed E-state index contributed by atoms with van der Waals surface area (Å²) in [6.07, 6.45) is 3.80. The van der Waals surface area contributed by atoms with Crippen LogP contribution in [0.3, 0.4) is 0 Å². The van der Waals surface area contributed by atoms with E-state index in [0.29, 0.717) is 40.5 Å². The first kappa shape index (κ1) is 27.4. The molecule has 4 heterocycles. The number of oxazole rings is 1. The zero-order valence-corrected chi connectivity index (χ0v) is 21.5. The van der Waals surface area contributed by atoms with Crippen molar-refractivity contribution in [3.63, 3.8) is 0 Å². The summed E-state index contributed by atoms with van der Waals surface area (Å²) >= 11 is 6.28. The highest BCUT2D eigenvalue weighted by atomic mass is 35.5. The molecule has 2 aromatic heterocycles. The summed E-state index contributed by atoms with van der Waals surface area (Å²) in [5.41, 5.74) is 2.06. The van der Waals surface area contributed by atoms with Crippen molar-refractivity contribution in [3.05, 3.63) is 87.9 Å². The van der Waals surface area contributed by atoms with Crippen molar-refractivity contribution in [2.75, 3.05) is 25.5 Å². The number of carbonyl (C=O) groups excluding carboxylic acids is 1. The van der Waals surface area contributed by atoms with Gasteiger partial charge in [-0.05, 0) is 37.7 Å². The largest absolute Gasteiger partial charge is 0.418 e. The van der Waals surface area contributed by atoms with Gasteiger partial charge in [-0.1, -0.05) is 31.2 Å². The van der Waals surface area contributed by atoms with Crippen molar-refractivity contribution in [2.24, 2.45) is 4.99 Å². The van der Waals surface area contributed by atoms with Crippen molar-refractivity contribution in [1.29, 1.82) is 0 Å². The van der Waals surface area contributed by atoms with Gasteiger partial charge in [-0.25, -0.2) is 23.7 Å². The van der Waals surface area contributed by atoms with Crippen LogP contribution in [0.15, 0.2) is 58.2 Å². The van der Waals surface area contributed by atoms with E-state index in [1.54, 1.807) is 29.3 Å². The summed E-state index contributed by atoms with van der Waals surface area (Å²) in [5, 5.41) is 6.45. The number of aliphatic imine (C=N–C) groups is 1. The summed E-state index contributed by atoms with van der Waals surface area (Å²) < 4.78 is 35.2. The summed E-state index contributed by atoms with van der Waals surface area (Å²) in [7, 11) is 1.87. The van der Waals surface area contributed by atoms with Crippen molar-refractivity contribution in [3.8, 4) is 11.3 Å². The SMILES string of the molecule is C.CNC1CCN(C(=O)c2cnc(Nc3ncc4c(n3)-c3ccc(Cl)cc3C(c3c(F)cccc3F)=NC4)o2)C1. The van der Waals surface area contributed by atoms with E-state index in [-0.39, 0.29) is 54.9 Å². The number of likely N-dealkylation sites (N-methyl/N-ethyl adjacent to an activating group) is 1. The number of halogens is 3. The lowest BCUT2D eigenvalue weighted by Crippen LogP contribution is -2.33. The maximum absolute atomic E-state index is 14.8. The van der Waals surface area contributed by atoms with E-state index in [1.165, 1.54) is 24.4 Å². The molecule has 206 valence electrons. The molecular formula is C28H26ClF2N7O2. The lowest BCUT2D eigenvalue weighted by molar-refractivity contribution is 0.0759. The predicted octanol–water partition coefficient (Wildman–Crippen LogP) is 5.23. The molecule has 0 bridgehead atoms. The summed E-state index contributed by atoms with van der Waals surface area (Å²) in [6.45, 7) is 1.31. The van der Waals surface area contributed by atoms with Gasteiger partial charge in [0.2, 0.25) is 11.7 Å². The highest BCUT2D eigenvalue weighted by molar-refractivity contribution is 6.31. The Morgan fingerprint density at radius 2 is 1.93 bits per heavy atom. The van der Waals surface area contributed by atoms with Gasteiger partial charge < -0.3 is 14.6 Å². The summed E-state index contributed by atoms with van der Waals surface area (Å²) in [6, 6.07) is 8.97. The number of amides is 1. The van der Waals surface area contributed by atoms with E-state index in [4.69, 9.17) is 16.0 Å². The molecule has 0 spiro atoms. The van der Waals surface area contributed by atoms with E-state index in [9.17, 15) is 13.6 Å². The lowest BCUT2D eigenvalue weighted by atomic mass is 9.95. The number of nitrogens with one attached hydrogen (secondary N) is 2. The summed E-state index contributed by atoms with van der Waals surface area (Å²) in [5.74, 6) is -1.44. The third-order valence-electron chi connectivity index (χ3n) is 6.78. The molecule has 1 saturated heterocycles. The normalized spacial score (nSPS) is 15.9. The van der Waals surface area contributed by atoms with Crippen LogP contribution in [0.4, 0.5) is 20.7 Å². The van der Waals surface area contributed by atoms with E-state index >= 15 is 0 Å². The van der Waals surface area contributed by atoms with Gasteiger partial charge in [-0.15, -0.1) is 0 Å². The van der Waals surface area contributed by atoms with Gasteiger partial charge in [-0.3, -0.25) is 15.1 Å². The maximum atomic E-state index is 14.8. The number of likely N-dealkylation sites (tertiary alicyclic amines) is 1. The highest BCUT2D eigenvalue weighted by Gasteiger charge is 2.29. The molecule has 9 nitrogen and oxygen atoms in total. The van der Waals surface area contributed by atoms with E-state index < -0.39 is 11.6 Å². The van der Waals surface area contributed by atoms with Gasteiger partial charge in [0.25, 0.3) is 5.91 Å². The molecule has 6 rings (SSSR count). The van der Waals surface area contributed by atoms with Crippen LogP contribution in [0, 0.1) is 11.6 Å². The van der Waals surface area contributed by atoms with Crippen LogP contribution < -0.4 is 10.6 Å². The maximum Gasteiger partial charge on any atom is 0.302 e. The molecule has 1 fully saturated rings. The average Bonchev–Trinajstić information content (AvgIpc) is 3.57. The van der Waals surface area contributed by atoms with Gasteiger partial charge in [0.05, 0.1) is 29.7 Å². The Labute approximate surface area is 234 Å². The first-order chi connectivity index (χ1) is 18.9. The number of carbonyl (C=O) groups is 1. The molecule has 1 atom stereocenters. The lowest BCUT2D eigenvalue weighted by Gasteiger charge is -2.14. The molecular weight excluding hydrogens is 540 g/mol. The fraction of sp³-hybridized carbons (Fsp3) is 0.250. The van der Waals surface area contributed by atoms with Crippen LogP contribution in [-0.2, 0) is 6.54 Å². The molecule has 2 aliphatic heterocycles. The standard InChI is InChI=1S/C27H22ClF2N7O2.CH4/c1-31-16-7-8-37(13-16)25(38)21-12-34-27(39-21)36-26-33-11-14-10-32-24(22-19(29)3-2-4-20(22)30)18-9-15(28)5-6-17(18)23(14)35-26;/h2-6,9,11-12,16,31H,7-8,10,13H2,1H3,(H,33,34,35,36);1H4. The molecule has 0 saturated carbocycles. The molecule has 0 aliphatic carbocycles. The molecule has 1 amide bonds. The van der Waals surface area contributed by atoms with E-state index in [2.05, 4.69) is 30.6 Å². The second-order valence-electron chi connectivity index (χ2n) is 9.20. The monoisotopic (exact) mass is 565 g/mol. The minimum absolute atomic E-state index is 0. The Balaban J connectivity index is 0.00000323. The van der Waals surface area contributed by atoms with E-state index in [1.807, 2.05) is 7.05 Å². The fourth-order valence-corrected chi connectivity index (χ4v) is 4.96. The topological polar surface area (TPSA) is 109 Å². The average molecular weight is 566 g/mol. The number of benzene rings is 2. The van der Waals surface area contributed by atoms with Crippen molar-refractivity contribution in [1.82, 2.24) is 25.2 Å². The van der Waals surface area contributed by atoms with Crippen LogP contribution in [0.1, 0.15) is 41.1 Å². The molecule has 4 aromatic rings. The van der Waals surface area contributed by atoms with Crippen molar-refractivity contribution >= 4 is 35.2 Å². The smallest absolute Gasteiger partial charge is 0.302 e. The second-order valence-corrected chi connectivity index (χ2v) is 9.64. The summed E-state index contributed by atoms with van der Waals surface area (Å²) in [4.78, 5) is 32.2. The van der Waals surface area contributed by atoms with Gasteiger partial charge in [0, 0.05) is 47.0 Å². The first-order valence-corrected chi connectivity index (χ1v) is 12.6. The Morgan fingerprint density at radius 1 is 1.12 bits per heavy atom. The Bertz CT molecular complexity index is 1600. The van der Waals surface area contributed by atoms with Crippen molar-refractivity contribution < 1.29 is 18.0 Å². The minimum atomic E-state index is -0.733. The minimum Gasteiger partial charge on any atom is -0.418 e. The number of fused-ring (bicyclic) bond motifs is 3. The number of rotatable bonds is 5. The fourth-order valence-electron chi connectivity index (χ4n) is 4.78. The van der Waals surface area contributed by atoms with Gasteiger partial charge >= 0.3 is 6.01 Å². The quantitative estimate of drug-likeness (QED) is 0.341.